The number of aliphatic hydroxyl groups is 2. The molecule has 0 unspecified atom stereocenters. The van der Waals surface area contributed by atoms with E-state index in [1.807, 2.05) is 288 Å². The van der Waals surface area contributed by atoms with Crippen molar-refractivity contribution in [3.63, 3.8) is 0 Å². The zero-order valence-corrected chi connectivity index (χ0v) is 93.9. The van der Waals surface area contributed by atoms with Crippen LogP contribution in [0, 0.1) is 48.7 Å². The Morgan fingerprint density at radius 2 is 0.793 bits per heavy atom. The van der Waals surface area contributed by atoms with Gasteiger partial charge in [0.2, 0.25) is 59.1 Å². The number of aliphatic hydroxyl groups excluding tert-OH is 1. The molecule has 10 amide bonds. The number of carbonyl (C=O) groups excluding carboxylic acids is 10. The summed E-state index contributed by atoms with van der Waals surface area (Å²) in [5.74, 6) is 2.26. The van der Waals surface area contributed by atoms with Crippen molar-refractivity contribution in [2.24, 2.45) is 54.5 Å². The topological polar surface area (TPSA) is 331 Å². The van der Waals surface area contributed by atoms with Gasteiger partial charge in [-0.15, -0.1) is 0 Å². The summed E-state index contributed by atoms with van der Waals surface area (Å²) in [7, 11) is 3.68. The van der Waals surface area contributed by atoms with Crippen molar-refractivity contribution in [3.05, 3.63) is 131 Å². The second-order valence-corrected chi connectivity index (χ2v) is 48.0. The van der Waals surface area contributed by atoms with E-state index in [1.54, 1.807) is 27.1 Å². The highest BCUT2D eigenvalue weighted by molar-refractivity contribution is 5.85. The third kappa shape index (κ3) is 53.0. The number of nitrogens with two attached hydrogens (primary N) is 1. The molecule has 6 N–H and O–H groups in total. The number of nitrogens with one attached hydrogen (secondary N) is 2. The van der Waals surface area contributed by atoms with Crippen molar-refractivity contribution in [1.29, 1.82) is 0 Å². The second-order valence-electron chi connectivity index (χ2n) is 48.0. The van der Waals surface area contributed by atoms with Gasteiger partial charge in [-0.1, -0.05) is 261 Å². The van der Waals surface area contributed by atoms with Crippen LogP contribution < -0.4 is 16.4 Å². The molecule has 140 heavy (non-hydrogen) atoms. The van der Waals surface area contributed by atoms with Crippen LogP contribution in [0.2, 0.25) is 0 Å². The minimum atomic E-state index is -0.575. The van der Waals surface area contributed by atoms with Crippen molar-refractivity contribution in [2.45, 2.75) is 335 Å². The average molecular weight is 1960 g/mol. The monoisotopic (exact) mass is 1960 g/mol. The molecule has 7 heterocycles. The van der Waals surface area contributed by atoms with Crippen molar-refractivity contribution >= 4 is 59.1 Å². The predicted molar refractivity (Wildman–Crippen MR) is 569 cm³/mol. The highest BCUT2D eigenvalue weighted by atomic mass is 16.5. The normalized spacial score (nSPS) is 15.8. The Morgan fingerprint density at radius 1 is 0.421 bits per heavy atom. The fourth-order valence-electron chi connectivity index (χ4n) is 15.4. The number of likely N-dealkylation sites (N-methyl/N-ethyl adjacent to an activating group) is 2. The smallest absolute Gasteiger partial charge is 0.228 e. The van der Waals surface area contributed by atoms with Crippen molar-refractivity contribution in [2.75, 3.05) is 145 Å². The first-order chi connectivity index (χ1) is 64.4. The Bertz CT molecular complexity index is 4180. The molecule has 5 aliphatic heterocycles. The highest BCUT2D eigenvalue weighted by Gasteiger charge is 2.38. The van der Waals surface area contributed by atoms with E-state index in [2.05, 4.69) is 76.9 Å². The summed E-state index contributed by atoms with van der Waals surface area (Å²) in [5.41, 5.74) is 9.25. The molecule has 27 nitrogen and oxygen atoms in total. The van der Waals surface area contributed by atoms with E-state index in [4.69, 9.17) is 20.3 Å². The SMILES string of the molecule is CC(=O)NC1CCN(C(=O)C(C)(C)C)CC1.CC(C)(C)C(=O)N1CCC(c2cccnc2)CC1.CC(C)(C)C(=O)N1CCc2ccccc2CC1.CC(C)(C)C(=O)NCCc1ccccc1.CC1(N)CCN(C(=O)C(C)(C)C)CC1.CC1(O)CCN(C(=O)C(C)(C)C)CC1.CCCOCCN(C)C(=O)C(C)(C)C.CCCOCCN(CCO)C(=O)C(C)(C)C.CN(CCc1ccncc1)C(=O)C(C)(C)C. The first-order valence-corrected chi connectivity index (χ1v) is 51.5. The Morgan fingerprint density at radius 3 is 1.16 bits per heavy atom. The van der Waals surface area contributed by atoms with Gasteiger partial charge in [0, 0.05) is 218 Å². The lowest BCUT2D eigenvalue weighted by Gasteiger charge is -2.39. The van der Waals surface area contributed by atoms with Gasteiger partial charge in [-0.3, -0.25) is 57.9 Å². The van der Waals surface area contributed by atoms with Crippen molar-refractivity contribution in [3.8, 4) is 0 Å². The predicted octanol–water partition coefficient (Wildman–Crippen LogP) is 17.1. The molecular formula is C113H195N13O14. The average Bonchev–Trinajstić information content (AvgIpc) is 1.14. The van der Waals surface area contributed by atoms with Gasteiger partial charge < -0.3 is 75.3 Å². The van der Waals surface area contributed by atoms with Crippen LogP contribution in [0.3, 0.4) is 0 Å². The van der Waals surface area contributed by atoms with Gasteiger partial charge in [0.15, 0.2) is 0 Å². The molecule has 4 fully saturated rings. The molecule has 0 atom stereocenters. The molecule has 796 valence electrons. The Labute approximate surface area is 847 Å². The zero-order chi connectivity index (χ0) is 107. The first-order valence-electron chi connectivity index (χ1n) is 51.5. The maximum atomic E-state index is 12.2. The standard InChI is InChI=1S/C15H22N2O.C15H21NO.C13H20N2O.C13H19NO.C12H22N2O2.C12H25NO3.C11H22N2O.C11H21NO2.C11H23NO2/c1-15(2,3)14(18)17-9-6-12(7-10-17)13-5-4-8-16-11-13;1-15(2,3)14(17)16-10-8-12-6-4-5-7-13(12)9-11-16;1-13(2,3)12(16)15(4)10-7-11-5-8-14-9-6-11;1-13(2,3)12(15)14-10-9-11-7-5-4-6-8-11;1-9(15)13-10-5-7-14(8-6-10)11(16)12(2,3)4;1-5-9-16-10-7-13(6-8-14)11(15)12(2,3)4;1-10(2,3)9(14)13-7-5-11(4,12)6-8-13;1-10(2,3)9(13)12-7-5-11(4,14)6-8-12;1-6-8-14-9-7-12(5)10(13)11(2,3)4/h4-5,8,11-12H,6-7,9-10H2,1-3H3;4-7H,8-11H2,1-3H3;5-6,8-9H,7,10H2,1-4H3;4-8H,9-10H2,1-3H3,(H,14,15);10H,5-8H2,1-4H3,(H,13,15);14H,5-10H2,1-4H3;5-8,12H2,1-4H3;14H,5-8H2,1-4H3;6-9H2,1-5H3. The van der Waals surface area contributed by atoms with Gasteiger partial charge in [-0.25, -0.2) is 0 Å². The van der Waals surface area contributed by atoms with Gasteiger partial charge in [0.05, 0.1) is 25.4 Å². The number of hydrogen-bond acceptors (Lipinski definition) is 17. The number of pyridine rings is 2. The molecule has 2 aromatic heterocycles. The van der Waals surface area contributed by atoms with E-state index < -0.39 is 11.0 Å². The minimum Gasteiger partial charge on any atom is -0.395 e. The summed E-state index contributed by atoms with van der Waals surface area (Å²) in [6, 6.07) is 27.0. The van der Waals surface area contributed by atoms with Crippen LogP contribution in [0.1, 0.15) is 320 Å². The molecule has 0 bridgehead atoms. The molecule has 0 radical (unpaired) electrons. The number of carbonyl (C=O) groups is 10. The van der Waals surface area contributed by atoms with E-state index in [-0.39, 0.29) is 121 Å². The summed E-state index contributed by atoms with van der Waals surface area (Å²) in [6.45, 7) is 75.7. The summed E-state index contributed by atoms with van der Waals surface area (Å²) in [6.07, 6.45) is 20.1. The number of aromatic nitrogens is 2. The molecule has 4 saturated heterocycles. The molecule has 2 aromatic carbocycles. The lowest BCUT2D eigenvalue weighted by molar-refractivity contribution is -0.143. The second kappa shape index (κ2) is 60.7. The maximum absolute atomic E-state index is 12.2. The van der Waals surface area contributed by atoms with Crippen LogP contribution in [-0.4, -0.2) is 281 Å². The molecule has 4 aromatic rings. The van der Waals surface area contributed by atoms with Gasteiger partial charge in [0.1, 0.15) is 0 Å². The fraction of sp³-hybridized carbons (Fsp3) is 0.717. The lowest BCUT2D eigenvalue weighted by Crippen LogP contribution is -2.52. The van der Waals surface area contributed by atoms with Gasteiger partial charge >= 0.3 is 0 Å². The quantitative estimate of drug-likeness (QED) is 0.0513. The van der Waals surface area contributed by atoms with E-state index in [9.17, 15) is 53.1 Å². The number of benzene rings is 2. The van der Waals surface area contributed by atoms with Crippen LogP contribution in [0.5, 0.6) is 0 Å². The van der Waals surface area contributed by atoms with E-state index in [1.165, 1.54) is 34.7 Å². The fourth-order valence-corrected chi connectivity index (χ4v) is 15.4. The molecule has 0 aliphatic carbocycles. The minimum absolute atomic E-state index is 0.00437. The third-order valence-corrected chi connectivity index (χ3v) is 24.1. The Balaban J connectivity index is 0.000000789. The van der Waals surface area contributed by atoms with Crippen LogP contribution >= 0.6 is 0 Å². The maximum Gasteiger partial charge on any atom is 0.228 e. The molecule has 27 heteroatoms. The van der Waals surface area contributed by atoms with E-state index in [0.717, 1.165) is 149 Å². The first kappa shape index (κ1) is 129. The van der Waals surface area contributed by atoms with Crippen LogP contribution in [0.4, 0.5) is 0 Å². The number of ether oxygens (including phenoxy) is 2. The van der Waals surface area contributed by atoms with Gasteiger partial charge in [-0.2, -0.15) is 0 Å². The largest absolute Gasteiger partial charge is 0.395 e. The number of rotatable bonds is 20. The number of likely N-dealkylation sites (tertiary alicyclic amines) is 4. The highest BCUT2D eigenvalue weighted by Crippen LogP contribution is 2.33. The summed E-state index contributed by atoms with van der Waals surface area (Å²) < 4.78 is 10.7. The lowest BCUT2D eigenvalue weighted by atomic mass is 9.88. The third-order valence-electron chi connectivity index (χ3n) is 24.1. The molecule has 5 aliphatic rings. The van der Waals surface area contributed by atoms with Crippen LogP contribution in [0.15, 0.2) is 104 Å². The summed E-state index contributed by atoms with van der Waals surface area (Å²) in [4.78, 5) is 141. The molecule has 0 spiro atoms. The molecule has 0 saturated carbocycles. The number of piperidine rings is 4. The Kier molecular flexibility index (Phi) is 56.1. The van der Waals surface area contributed by atoms with Crippen molar-refractivity contribution < 1.29 is 67.6 Å². The molecular weight excluding hydrogens is 1760 g/mol. The Hall–Kier alpha value is -8.76. The number of hydrogen-bond donors (Lipinski definition) is 5. The van der Waals surface area contributed by atoms with Gasteiger partial charge in [0.25, 0.3) is 0 Å². The van der Waals surface area contributed by atoms with Crippen LogP contribution in [0.25, 0.3) is 0 Å². The van der Waals surface area contributed by atoms with Crippen molar-refractivity contribution in [1.82, 2.24) is 59.8 Å². The zero-order valence-electron chi connectivity index (χ0n) is 93.9. The van der Waals surface area contributed by atoms with Crippen LogP contribution in [-0.2, 0) is 83.1 Å². The summed E-state index contributed by atoms with van der Waals surface area (Å²) in [5, 5.41) is 24.5. The molecule has 9 rings (SSSR count). The summed E-state index contributed by atoms with van der Waals surface area (Å²) >= 11 is 0. The number of amides is 10. The number of fused-ring (bicyclic) bond motifs is 1. The van der Waals surface area contributed by atoms with Gasteiger partial charge in [-0.05, 0) is 156 Å². The van der Waals surface area contributed by atoms with E-state index >= 15 is 0 Å². The number of nitrogens with zero attached hydrogens (tertiary/aromatic N) is 10. The van der Waals surface area contributed by atoms with E-state index in [0.29, 0.717) is 71.2 Å².